The lowest BCUT2D eigenvalue weighted by Crippen LogP contribution is -2.24. The zero-order chi connectivity index (χ0) is 14.5. The van der Waals surface area contributed by atoms with Crippen molar-refractivity contribution in [3.8, 4) is 23.5 Å². The van der Waals surface area contributed by atoms with Gasteiger partial charge in [-0.25, -0.2) is 0 Å². The molecule has 8 nitrogen and oxygen atoms in total. The lowest BCUT2D eigenvalue weighted by molar-refractivity contribution is -0.255. The third-order valence-electron chi connectivity index (χ3n) is 2.24. The van der Waals surface area contributed by atoms with Crippen LogP contribution in [0.4, 0.5) is 0 Å². The van der Waals surface area contributed by atoms with Gasteiger partial charge in [0, 0.05) is 6.20 Å². The highest BCUT2D eigenvalue weighted by atomic mass is 16.5. The van der Waals surface area contributed by atoms with E-state index in [1.54, 1.807) is 0 Å². The Kier molecular flexibility index (Phi) is 3.94. The minimum absolute atomic E-state index is 0.0391. The van der Waals surface area contributed by atoms with Gasteiger partial charge in [0.05, 0.1) is 26.3 Å². The maximum atomic E-state index is 10.9. The average Bonchev–Trinajstić information content (AvgIpc) is 2.47. The standard InChI is InChI=1S/C12H11N3O5/c1-18-8-6-9(19-2)15-12(14-8)20-7-4-3-5-13-10(7)11(16)17/h3-6H,1-2H3,(H,16,17)/p-1. The van der Waals surface area contributed by atoms with Gasteiger partial charge < -0.3 is 24.1 Å². The van der Waals surface area contributed by atoms with Gasteiger partial charge in [0.1, 0.15) is 5.69 Å². The number of hydrogen-bond donors (Lipinski definition) is 0. The minimum atomic E-state index is -1.46. The summed E-state index contributed by atoms with van der Waals surface area (Å²) in [6.45, 7) is 0. The van der Waals surface area contributed by atoms with Crippen molar-refractivity contribution in [1.29, 1.82) is 0 Å². The molecule has 2 aromatic heterocycles. The first-order valence-corrected chi connectivity index (χ1v) is 5.45. The molecule has 0 aromatic carbocycles. The summed E-state index contributed by atoms with van der Waals surface area (Å²) in [5.41, 5.74) is -0.349. The molecule has 0 bridgehead atoms. The number of ether oxygens (including phenoxy) is 3. The van der Waals surface area contributed by atoms with Gasteiger partial charge in [-0.2, -0.15) is 9.97 Å². The van der Waals surface area contributed by atoms with E-state index in [0.717, 1.165) is 0 Å². The number of aromatic carboxylic acids is 1. The molecule has 0 saturated heterocycles. The van der Waals surface area contributed by atoms with E-state index in [2.05, 4.69) is 15.0 Å². The summed E-state index contributed by atoms with van der Waals surface area (Å²) in [5.74, 6) is -1.07. The number of carboxylic acids is 1. The topological polar surface area (TPSA) is 106 Å². The van der Waals surface area contributed by atoms with Crippen LogP contribution in [0.1, 0.15) is 10.5 Å². The summed E-state index contributed by atoms with van der Waals surface area (Å²) in [4.78, 5) is 22.4. The number of rotatable bonds is 5. The molecule has 2 aromatic rings. The van der Waals surface area contributed by atoms with Gasteiger partial charge >= 0.3 is 6.01 Å². The van der Waals surface area contributed by atoms with Crippen molar-refractivity contribution in [3.05, 3.63) is 30.1 Å². The molecule has 0 amide bonds. The van der Waals surface area contributed by atoms with Crippen molar-refractivity contribution < 1.29 is 24.1 Å². The summed E-state index contributed by atoms with van der Waals surface area (Å²) in [6.07, 6.45) is 1.31. The fraction of sp³-hybridized carbons (Fsp3) is 0.167. The van der Waals surface area contributed by atoms with Crippen LogP contribution in [0.15, 0.2) is 24.4 Å². The predicted octanol–water partition coefficient (Wildman–Crippen LogP) is 0.0446. The predicted molar refractivity (Wildman–Crippen MR) is 63.8 cm³/mol. The van der Waals surface area contributed by atoms with Gasteiger partial charge in [-0.1, -0.05) is 0 Å². The third kappa shape index (κ3) is 2.91. The highest BCUT2D eigenvalue weighted by molar-refractivity contribution is 5.86. The van der Waals surface area contributed by atoms with E-state index >= 15 is 0 Å². The highest BCUT2D eigenvalue weighted by Crippen LogP contribution is 2.24. The minimum Gasteiger partial charge on any atom is -0.543 e. The Labute approximate surface area is 114 Å². The van der Waals surface area contributed by atoms with Crippen LogP contribution in [0.3, 0.4) is 0 Å². The zero-order valence-corrected chi connectivity index (χ0v) is 10.7. The molecule has 0 aliphatic heterocycles. The van der Waals surface area contributed by atoms with Crippen molar-refractivity contribution in [2.75, 3.05) is 14.2 Å². The van der Waals surface area contributed by atoms with E-state index in [1.807, 2.05) is 0 Å². The van der Waals surface area contributed by atoms with Gasteiger partial charge in [0.25, 0.3) is 0 Å². The number of carboxylic acid groups (broad SMARTS) is 1. The number of carbonyl (C=O) groups is 1. The monoisotopic (exact) mass is 276 g/mol. The van der Waals surface area contributed by atoms with Crippen LogP contribution in [0.5, 0.6) is 23.5 Å². The lowest BCUT2D eigenvalue weighted by Gasteiger charge is -2.10. The molecular formula is C12H10N3O5-. The van der Waals surface area contributed by atoms with Crippen LogP contribution >= 0.6 is 0 Å². The van der Waals surface area contributed by atoms with Crippen molar-refractivity contribution in [3.63, 3.8) is 0 Å². The molecule has 2 rings (SSSR count). The molecule has 0 radical (unpaired) electrons. The summed E-state index contributed by atoms with van der Waals surface area (Å²) in [7, 11) is 2.84. The number of nitrogens with zero attached hydrogens (tertiary/aromatic N) is 3. The first kappa shape index (κ1) is 13.5. The SMILES string of the molecule is COc1cc(OC)nc(Oc2cccnc2C(=O)[O-])n1. The van der Waals surface area contributed by atoms with E-state index in [0.29, 0.717) is 0 Å². The number of carbonyl (C=O) groups excluding carboxylic acids is 1. The zero-order valence-electron chi connectivity index (χ0n) is 10.7. The first-order chi connectivity index (χ1) is 9.63. The summed E-state index contributed by atoms with van der Waals surface area (Å²) in [6, 6.07) is 4.25. The molecule has 8 heteroatoms. The van der Waals surface area contributed by atoms with Crippen molar-refractivity contribution >= 4 is 5.97 Å². The molecular weight excluding hydrogens is 266 g/mol. The summed E-state index contributed by atoms with van der Waals surface area (Å²) in [5, 5.41) is 10.9. The fourth-order valence-electron chi connectivity index (χ4n) is 1.36. The molecule has 0 unspecified atom stereocenters. The first-order valence-electron chi connectivity index (χ1n) is 5.45. The maximum Gasteiger partial charge on any atom is 0.328 e. The number of methoxy groups -OCH3 is 2. The molecule has 0 atom stereocenters. The van der Waals surface area contributed by atoms with Crippen LogP contribution in [0.2, 0.25) is 0 Å². The second kappa shape index (κ2) is 5.83. The van der Waals surface area contributed by atoms with Crippen molar-refractivity contribution in [2.45, 2.75) is 0 Å². The Morgan fingerprint density at radius 3 is 2.40 bits per heavy atom. The fourth-order valence-corrected chi connectivity index (χ4v) is 1.36. The molecule has 2 heterocycles. The van der Waals surface area contributed by atoms with E-state index in [1.165, 1.54) is 38.6 Å². The Morgan fingerprint density at radius 1 is 1.20 bits per heavy atom. The van der Waals surface area contributed by atoms with Gasteiger partial charge in [0.2, 0.25) is 11.8 Å². The number of pyridine rings is 1. The lowest BCUT2D eigenvalue weighted by atomic mass is 10.3. The van der Waals surface area contributed by atoms with E-state index in [4.69, 9.17) is 14.2 Å². The second-order valence-electron chi connectivity index (χ2n) is 3.47. The number of hydrogen-bond acceptors (Lipinski definition) is 8. The van der Waals surface area contributed by atoms with Crippen LogP contribution in [0.25, 0.3) is 0 Å². The van der Waals surface area contributed by atoms with Gasteiger partial charge in [-0.05, 0) is 12.1 Å². The van der Waals surface area contributed by atoms with Crippen molar-refractivity contribution in [2.24, 2.45) is 0 Å². The van der Waals surface area contributed by atoms with E-state index in [9.17, 15) is 9.90 Å². The van der Waals surface area contributed by atoms with Gasteiger partial charge in [-0.3, -0.25) is 4.98 Å². The van der Waals surface area contributed by atoms with Crippen LogP contribution in [-0.2, 0) is 0 Å². The Morgan fingerprint density at radius 2 is 1.85 bits per heavy atom. The Hall–Kier alpha value is -2.90. The summed E-state index contributed by atoms with van der Waals surface area (Å²) < 4.78 is 15.2. The maximum absolute atomic E-state index is 10.9. The summed E-state index contributed by atoms with van der Waals surface area (Å²) >= 11 is 0. The largest absolute Gasteiger partial charge is 0.543 e. The molecule has 104 valence electrons. The van der Waals surface area contributed by atoms with Crippen molar-refractivity contribution in [1.82, 2.24) is 15.0 Å². The van der Waals surface area contributed by atoms with Crippen LogP contribution in [0, 0.1) is 0 Å². The molecule has 0 aliphatic rings. The number of aromatic nitrogens is 3. The third-order valence-corrected chi connectivity index (χ3v) is 2.24. The van der Waals surface area contributed by atoms with Gasteiger partial charge in [0.15, 0.2) is 5.75 Å². The molecule has 0 aliphatic carbocycles. The molecule has 0 N–H and O–H groups in total. The Bertz CT molecular complexity index is 610. The smallest absolute Gasteiger partial charge is 0.328 e. The Balaban J connectivity index is 2.37. The van der Waals surface area contributed by atoms with E-state index < -0.39 is 5.97 Å². The molecule has 20 heavy (non-hydrogen) atoms. The second-order valence-corrected chi connectivity index (χ2v) is 3.47. The van der Waals surface area contributed by atoms with Crippen LogP contribution < -0.4 is 19.3 Å². The average molecular weight is 276 g/mol. The van der Waals surface area contributed by atoms with Gasteiger partial charge in [-0.15, -0.1) is 0 Å². The normalized spacial score (nSPS) is 9.90. The quantitative estimate of drug-likeness (QED) is 0.753. The highest BCUT2D eigenvalue weighted by Gasteiger charge is 2.11. The molecule has 0 fully saturated rings. The molecule has 0 saturated carbocycles. The van der Waals surface area contributed by atoms with E-state index in [-0.39, 0.29) is 29.2 Å². The molecule has 0 spiro atoms. The van der Waals surface area contributed by atoms with Crippen LogP contribution in [-0.4, -0.2) is 35.1 Å².